The van der Waals surface area contributed by atoms with E-state index in [2.05, 4.69) is 5.32 Å². The molecule has 1 saturated carbocycles. The molecule has 86 valence electrons. The van der Waals surface area contributed by atoms with E-state index >= 15 is 0 Å². The molecule has 3 N–H and O–H groups in total. The van der Waals surface area contributed by atoms with Gasteiger partial charge in [-0.2, -0.15) is 0 Å². The zero-order valence-corrected chi connectivity index (χ0v) is 9.32. The number of nitrogens with two attached hydrogens (primary N) is 1. The predicted molar refractivity (Wildman–Crippen MR) is 62.5 cm³/mol. The number of methoxy groups -OCH3 is 1. The highest BCUT2D eigenvalue weighted by Crippen LogP contribution is 2.27. The highest BCUT2D eigenvalue weighted by Gasteiger charge is 2.21. The van der Waals surface area contributed by atoms with Gasteiger partial charge in [0, 0.05) is 12.1 Å². The smallest absolute Gasteiger partial charge is 0.251 e. The Balaban J connectivity index is 2.01. The first-order chi connectivity index (χ1) is 7.70. The summed E-state index contributed by atoms with van der Waals surface area (Å²) in [6.45, 7) is 0.769. The molecule has 0 heterocycles. The van der Waals surface area contributed by atoms with Gasteiger partial charge in [0.15, 0.2) is 0 Å². The molecular formula is C12H16N2O2. The van der Waals surface area contributed by atoms with E-state index in [0.29, 0.717) is 22.9 Å². The van der Waals surface area contributed by atoms with Gasteiger partial charge in [0.05, 0.1) is 12.8 Å². The van der Waals surface area contributed by atoms with Gasteiger partial charge in [-0.3, -0.25) is 4.79 Å². The third kappa shape index (κ3) is 2.45. The maximum absolute atomic E-state index is 11.7. The van der Waals surface area contributed by atoms with E-state index < -0.39 is 0 Å². The fourth-order valence-electron chi connectivity index (χ4n) is 1.54. The van der Waals surface area contributed by atoms with Crippen molar-refractivity contribution in [2.45, 2.75) is 12.8 Å². The number of carbonyl (C=O) groups is 1. The van der Waals surface area contributed by atoms with Crippen LogP contribution in [0.15, 0.2) is 18.2 Å². The molecule has 1 amide bonds. The number of carbonyl (C=O) groups excluding carboxylic acids is 1. The summed E-state index contributed by atoms with van der Waals surface area (Å²) in [5, 5.41) is 2.89. The van der Waals surface area contributed by atoms with E-state index in [1.807, 2.05) is 0 Å². The molecule has 0 atom stereocenters. The molecule has 4 heteroatoms. The van der Waals surface area contributed by atoms with Crippen molar-refractivity contribution in [1.29, 1.82) is 0 Å². The Labute approximate surface area is 94.8 Å². The molecule has 0 radical (unpaired) electrons. The maximum atomic E-state index is 11.7. The molecule has 0 aliphatic heterocycles. The van der Waals surface area contributed by atoms with Crippen molar-refractivity contribution >= 4 is 11.6 Å². The molecule has 0 saturated heterocycles. The summed E-state index contributed by atoms with van der Waals surface area (Å²) < 4.78 is 5.03. The fraction of sp³-hybridized carbons (Fsp3) is 0.417. The van der Waals surface area contributed by atoms with Crippen LogP contribution in [-0.4, -0.2) is 19.6 Å². The largest absolute Gasteiger partial charge is 0.495 e. The van der Waals surface area contributed by atoms with E-state index in [1.165, 1.54) is 12.8 Å². The van der Waals surface area contributed by atoms with Gasteiger partial charge in [0.25, 0.3) is 5.91 Å². The van der Waals surface area contributed by atoms with E-state index in [0.717, 1.165) is 6.54 Å². The number of nitrogens with one attached hydrogen (secondary N) is 1. The van der Waals surface area contributed by atoms with Crippen molar-refractivity contribution in [3.63, 3.8) is 0 Å². The van der Waals surface area contributed by atoms with Gasteiger partial charge < -0.3 is 15.8 Å². The van der Waals surface area contributed by atoms with Gasteiger partial charge in [-0.15, -0.1) is 0 Å². The van der Waals surface area contributed by atoms with Crippen LogP contribution in [0.3, 0.4) is 0 Å². The summed E-state index contributed by atoms with van der Waals surface area (Å²) in [5.74, 6) is 1.21. The summed E-state index contributed by atoms with van der Waals surface area (Å²) in [4.78, 5) is 11.7. The SMILES string of the molecule is COc1ccc(C(=O)NCC2CC2)cc1N. The Morgan fingerprint density at radius 2 is 2.31 bits per heavy atom. The number of nitrogen functional groups attached to an aromatic ring is 1. The van der Waals surface area contributed by atoms with E-state index in [1.54, 1.807) is 25.3 Å². The van der Waals surface area contributed by atoms with E-state index in [9.17, 15) is 4.79 Å². The normalized spacial score (nSPS) is 14.6. The van der Waals surface area contributed by atoms with Crippen LogP contribution in [0, 0.1) is 5.92 Å². The predicted octanol–water partition coefficient (Wildman–Crippen LogP) is 1.42. The van der Waals surface area contributed by atoms with Crippen LogP contribution in [0.25, 0.3) is 0 Å². The monoisotopic (exact) mass is 220 g/mol. The van der Waals surface area contributed by atoms with Crippen molar-refractivity contribution in [3.05, 3.63) is 23.8 Å². The molecule has 1 aliphatic carbocycles. The Hall–Kier alpha value is -1.71. The molecule has 0 aromatic heterocycles. The molecule has 0 unspecified atom stereocenters. The molecule has 1 aromatic rings. The second kappa shape index (κ2) is 4.43. The van der Waals surface area contributed by atoms with Gasteiger partial charge in [0.2, 0.25) is 0 Å². The average molecular weight is 220 g/mol. The number of hydrogen-bond acceptors (Lipinski definition) is 3. The topological polar surface area (TPSA) is 64.3 Å². The minimum Gasteiger partial charge on any atom is -0.495 e. The van der Waals surface area contributed by atoms with Crippen LogP contribution in [0.2, 0.25) is 0 Å². The van der Waals surface area contributed by atoms with Crippen LogP contribution < -0.4 is 15.8 Å². The average Bonchev–Trinajstić information content (AvgIpc) is 3.09. The number of hydrogen-bond donors (Lipinski definition) is 2. The molecule has 1 aromatic carbocycles. The molecule has 1 aliphatic rings. The van der Waals surface area contributed by atoms with Crippen LogP contribution in [0.1, 0.15) is 23.2 Å². The number of rotatable bonds is 4. The molecular weight excluding hydrogens is 204 g/mol. The van der Waals surface area contributed by atoms with Crippen molar-refractivity contribution in [2.75, 3.05) is 19.4 Å². The number of benzene rings is 1. The van der Waals surface area contributed by atoms with Crippen molar-refractivity contribution in [3.8, 4) is 5.75 Å². The number of ether oxygens (including phenoxy) is 1. The molecule has 1 fully saturated rings. The lowest BCUT2D eigenvalue weighted by atomic mass is 10.1. The van der Waals surface area contributed by atoms with E-state index in [4.69, 9.17) is 10.5 Å². The van der Waals surface area contributed by atoms with Gasteiger partial charge in [-0.05, 0) is 37.0 Å². The first kappa shape index (κ1) is 10.8. The Kier molecular flexibility index (Phi) is 2.99. The van der Waals surface area contributed by atoms with Crippen LogP contribution in [0.4, 0.5) is 5.69 Å². The zero-order chi connectivity index (χ0) is 11.5. The number of amides is 1. The Morgan fingerprint density at radius 3 is 2.88 bits per heavy atom. The van der Waals surface area contributed by atoms with Gasteiger partial charge in [0.1, 0.15) is 5.75 Å². The molecule has 2 rings (SSSR count). The van der Waals surface area contributed by atoms with Crippen LogP contribution in [0.5, 0.6) is 5.75 Å². The van der Waals surface area contributed by atoms with E-state index in [-0.39, 0.29) is 5.91 Å². The van der Waals surface area contributed by atoms with Crippen molar-refractivity contribution in [2.24, 2.45) is 5.92 Å². The third-order valence-electron chi connectivity index (χ3n) is 2.74. The molecule has 4 nitrogen and oxygen atoms in total. The Morgan fingerprint density at radius 1 is 1.56 bits per heavy atom. The standard InChI is InChI=1S/C12H16N2O2/c1-16-11-5-4-9(6-10(11)13)12(15)14-7-8-2-3-8/h4-6,8H,2-3,7,13H2,1H3,(H,14,15). The quantitative estimate of drug-likeness (QED) is 0.754. The Bertz CT molecular complexity index is 400. The lowest BCUT2D eigenvalue weighted by Gasteiger charge is -2.07. The third-order valence-corrected chi connectivity index (χ3v) is 2.74. The lowest BCUT2D eigenvalue weighted by Crippen LogP contribution is -2.25. The highest BCUT2D eigenvalue weighted by molar-refractivity contribution is 5.95. The van der Waals surface area contributed by atoms with Gasteiger partial charge >= 0.3 is 0 Å². The summed E-state index contributed by atoms with van der Waals surface area (Å²) in [5.41, 5.74) is 6.80. The summed E-state index contributed by atoms with van der Waals surface area (Å²) in [6.07, 6.45) is 2.45. The van der Waals surface area contributed by atoms with Gasteiger partial charge in [-0.25, -0.2) is 0 Å². The first-order valence-electron chi connectivity index (χ1n) is 5.42. The highest BCUT2D eigenvalue weighted by atomic mass is 16.5. The maximum Gasteiger partial charge on any atom is 0.251 e. The fourth-order valence-corrected chi connectivity index (χ4v) is 1.54. The first-order valence-corrected chi connectivity index (χ1v) is 5.42. The van der Waals surface area contributed by atoms with Crippen LogP contribution >= 0.6 is 0 Å². The molecule has 0 bridgehead atoms. The summed E-state index contributed by atoms with van der Waals surface area (Å²) in [7, 11) is 1.55. The van der Waals surface area contributed by atoms with Crippen molar-refractivity contribution < 1.29 is 9.53 Å². The molecule has 0 spiro atoms. The van der Waals surface area contributed by atoms with Crippen molar-refractivity contribution in [1.82, 2.24) is 5.32 Å². The summed E-state index contributed by atoms with van der Waals surface area (Å²) >= 11 is 0. The van der Waals surface area contributed by atoms with Crippen LogP contribution in [-0.2, 0) is 0 Å². The number of anilines is 1. The van der Waals surface area contributed by atoms with Gasteiger partial charge in [-0.1, -0.05) is 0 Å². The summed E-state index contributed by atoms with van der Waals surface area (Å²) in [6, 6.07) is 5.07. The second-order valence-corrected chi connectivity index (χ2v) is 4.11. The minimum atomic E-state index is -0.0683. The second-order valence-electron chi connectivity index (χ2n) is 4.11. The molecule has 16 heavy (non-hydrogen) atoms. The lowest BCUT2D eigenvalue weighted by molar-refractivity contribution is 0.0952. The zero-order valence-electron chi connectivity index (χ0n) is 9.32. The minimum absolute atomic E-state index is 0.0683.